The zero-order valence-corrected chi connectivity index (χ0v) is 14.9. The molecule has 4 nitrogen and oxygen atoms in total. The molecule has 1 heterocycles. The maximum atomic E-state index is 13.9. The molecule has 1 amide bonds. The second-order valence-corrected chi connectivity index (χ2v) is 6.74. The first-order chi connectivity index (χ1) is 13.1. The van der Waals surface area contributed by atoms with E-state index in [1.807, 2.05) is 0 Å². The zero-order valence-electron chi connectivity index (χ0n) is 14.9. The van der Waals surface area contributed by atoms with E-state index in [0.717, 1.165) is 12.1 Å². The van der Waals surface area contributed by atoms with Gasteiger partial charge < -0.3 is 9.88 Å². The summed E-state index contributed by atoms with van der Waals surface area (Å²) in [6.45, 7) is 3.14. The molecule has 8 heteroatoms. The van der Waals surface area contributed by atoms with Gasteiger partial charge in [0.05, 0.1) is 22.7 Å². The largest absolute Gasteiger partial charge is 0.417 e. The fraction of sp³-hybridized carbons (Fsp3) is 0.200. The third-order valence-corrected chi connectivity index (χ3v) is 4.54. The van der Waals surface area contributed by atoms with E-state index in [0.29, 0.717) is 10.9 Å². The maximum absolute atomic E-state index is 13.9. The Bertz CT molecular complexity index is 1110. The number of carbonyl (C=O) groups excluding carboxylic acids is 1. The summed E-state index contributed by atoms with van der Waals surface area (Å²) in [6, 6.07) is 10.4. The van der Waals surface area contributed by atoms with Crippen LogP contribution in [-0.2, 0) is 16.5 Å². The van der Waals surface area contributed by atoms with Gasteiger partial charge in [0.15, 0.2) is 0 Å². The van der Waals surface area contributed by atoms with E-state index in [4.69, 9.17) is 5.26 Å². The van der Waals surface area contributed by atoms with Gasteiger partial charge in [0, 0.05) is 17.3 Å². The van der Waals surface area contributed by atoms with Crippen LogP contribution in [0.2, 0.25) is 0 Å². The van der Waals surface area contributed by atoms with E-state index in [1.165, 1.54) is 30.3 Å². The fourth-order valence-corrected chi connectivity index (χ4v) is 2.97. The molecule has 0 saturated carbocycles. The van der Waals surface area contributed by atoms with E-state index in [2.05, 4.69) is 5.32 Å². The summed E-state index contributed by atoms with van der Waals surface area (Å²) in [4.78, 5) is 12.8. The van der Waals surface area contributed by atoms with Crippen molar-refractivity contribution in [1.82, 2.24) is 4.57 Å². The molecule has 1 aromatic heterocycles. The van der Waals surface area contributed by atoms with Crippen LogP contribution in [0.15, 0.2) is 48.7 Å². The lowest BCUT2D eigenvalue weighted by molar-refractivity contribution is -0.137. The summed E-state index contributed by atoms with van der Waals surface area (Å²) in [5.41, 5.74) is -2.49. The molecule has 0 unspecified atom stereocenters. The summed E-state index contributed by atoms with van der Waals surface area (Å²) in [5, 5.41) is 11.6. The molecule has 3 aromatic rings. The average molecular weight is 389 g/mol. The van der Waals surface area contributed by atoms with E-state index in [-0.39, 0.29) is 5.69 Å². The molecule has 0 bridgehead atoms. The number of halogens is 4. The molecule has 0 aliphatic heterocycles. The first-order valence-corrected chi connectivity index (χ1v) is 8.24. The Morgan fingerprint density at radius 1 is 1.14 bits per heavy atom. The molecular weight excluding hydrogens is 374 g/mol. The van der Waals surface area contributed by atoms with Crippen LogP contribution in [0.1, 0.15) is 25.0 Å². The minimum absolute atomic E-state index is 0.0907. The number of nitriles is 1. The van der Waals surface area contributed by atoms with Crippen molar-refractivity contribution in [3.8, 4) is 6.07 Å². The van der Waals surface area contributed by atoms with Crippen LogP contribution in [0.25, 0.3) is 10.9 Å². The zero-order chi connectivity index (χ0) is 20.7. The molecule has 3 rings (SSSR count). The molecule has 0 aliphatic rings. The molecule has 2 aromatic carbocycles. The quantitative estimate of drug-likeness (QED) is 0.638. The van der Waals surface area contributed by atoms with Crippen molar-refractivity contribution < 1.29 is 22.4 Å². The highest BCUT2D eigenvalue weighted by molar-refractivity contribution is 5.97. The summed E-state index contributed by atoms with van der Waals surface area (Å²) in [6.07, 6.45) is -3.18. The van der Waals surface area contributed by atoms with Gasteiger partial charge in [-0.3, -0.25) is 4.79 Å². The third-order valence-electron chi connectivity index (χ3n) is 4.54. The van der Waals surface area contributed by atoms with Crippen molar-refractivity contribution >= 4 is 22.5 Å². The minimum Gasteiger partial charge on any atom is -0.333 e. The topological polar surface area (TPSA) is 57.8 Å². The Labute approximate surface area is 158 Å². The highest BCUT2D eigenvalue weighted by Gasteiger charge is 2.35. The van der Waals surface area contributed by atoms with Crippen LogP contribution in [0.4, 0.5) is 23.2 Å². The molecule has 0 aliphatic carbocycles. The molecule has 1 N–H and O–H groups in total. The Balaban J connectivity index is 1.96. The molecule has 0 atom stereocenters. The number of carbonyl (C=O) groups is 1. The van der Waals surface area contributed by atoms with Crippen molar-refractivity contribution in [2.45, 2.75) is 25.6 Å². The lowest BCUT2D eigenvalue weighted by Gasteiger charge is -2.27. The van der Waals surface area contributed by atoms with Crippen LogP contribution < -0.4 is 5.32 Å². The summed E-state index contributed by atoms with van der Waals surface area (Å²) in [5.74, 6) is -1.03. The van der Waals surface area contributed by atoms with E-state index in [1.54, 1.807) is 30.7 Å². The van der Waals surface area contributed by atoms with Gasteiger partial charge in [-0.15, -0.1) is 0 Å². The van der Waals surface area contributed by atoms with Crippen LogP contribution >= 0.6 is 0 Å². The Kier molecular flexibility index (Phi) is 4.63. The van der Waals surface area contributed by atoms with Gasteiger partial charge in [-0.1, -0.05) is 6.07 Å². The second-order valence-electron chi connectivity index (χ2n) is 6.74. The van der Waals surface area contributed by atoms with Gasteiger partial charge in [0.1, 0.15) is 11.4 Å². The number of nitrogens with zero attached hydrogens (tertiary/aromatic N) is 2. The van der Waals surface area contributed by atoms with Crippen LogP contribution in [0.3, 0.4) is 0 Å². The average Bonchev–Trinajstić information content (AvgIpc) is 3.07. The van der Waals surface area contributed by atoms with Crippen LogP contribution in [0, 0.1) is 17.1 Å². The number of hydrogen-bond donors (Lipinski definition) is 1. The Hall–Kier alpha value is -3.34. The number of amides is 1. The number of nitrogens with one attached hydrogen (secondary N) is 1. The molecule has 0 saturated heterocycles. The van der Waals surface area contributed by atoms with Crippen molar-refractivity contribution in [1.29, 1.82) is 5.26 Å². The van der Waals surface area contributed by atoms with Gasteiger partial charge in [-0.05, 0) is 50.2 Å². The first kappa shape index (κ1) is 19.4. The van der Waals surface area contributed by atoms with Crippen molar-refractivity contribution in [2.24, 2.45) is 0 Å². The number of fused-ring (bicyclic) bond motifs is 1. The smallest absolute Gasteiger partial charge is 0.333 e. The summed E-state index contributed by atoms with van der Waals surface area (Å²) < 4.78 is 54.8. The number of benzene rings is 2. The number of rotatable bonds is 3. The molecule has 0 fully saturated rings. The van der Waals surface area contributed by atoms with Gasteiger partial charge in [-0.2, -0.15) is 18.4 Å². The van der Waals surface area contributed by atoms with Gasteiger partial charge in [0.2, 0.25) is 5.91 Å². The van der Waals surface area contributed by atoms with Crippen LogP contribution in [0.5, 0.6) is 0 Å². The van der Waals surface area contributed by atoms with Crippen molar-refractivity contribution in [3.05, 3.63) is 65.6 Å². The maximum Gasteiger partial charge on any atom is 0.417 e. The van der Waals surface area contributed by atoms with Crippen molar-refractivity contribution in [3.63, 3.8) is 0 Å². The monoisotopic (exact) mass is 389 g/mol. The molecule has 0 radical (unpaired) electrons. The van der Waals surface area contributed by atoms with Gasteiger partial charge in [0.25, 0.3) is 0 Å². The van der Waals surface area contributed by atoms with E-state index in [9.17, 15) is 22.4 Å². The predicted octanol–water partition coefficient (Wildman–Crippen LogP) is 5.04. The highest BCUT2D eigenvalue weighted by Crippen LogP contribution is 2.34. The second kappa shape index (κ2) is 6.68. The number of anilines is 1. The summed E-state index contributed by atoms with van der Waals surface area (Å²) >= 11 is 0. The normalized spacial score (nSPS) is 12.0. The SMILES string of the molecule is CC(C)(C(=O)Nc1ccc(C#N)c(C(F)(F)F)c1)n1ccc2c(F)cccc21. The predicted molar refractivity (Wildman–Crippen MR) is 96.0 cm³/mol. The number of aromatic nitrogens is 1. The lowest BCUT2D eigenvalue weighted by Crippen LogP contribution is -2.39. The highest BCUT2D eigenvalue weighted by atomic mass is 19.4. The first-order valence-electron chi connectivity index (χ1n) is 8.24. The standard InChI is InChI=1S/C20H15F4N3O/c1-19(2,27-9-8-14-16(21)4-3-5-17(14)27)18(28)26-13-7-6-12(11-25)15(10-13)20(22,23)24/h3-10H,1-2H3,(H,26,28). The van der Waals surface area contributed by atoms with Crippen LogP contribution in [-0.4, -0.2) is 10.5 Å². The molecule has 0 spiro atoms. The fourth-order valence-electron chi connectivity index (χ4n) is 2.97. The molecule has 28 heavy (non-hydrogen) atoms. The molecule has 144 valence electrons. The lowest BCUT2D eigenvalue weighted by atomic mass is 10.0. The minimum atomic E-state index is -4.73. The van der Waals surface area contributed by atoms with E-state index >= 15 is 0 Å². The third kappa shape index (κ3) is 3.31. The van der Waals surface area contributed by atoms with Gasteiger partial charge in [-0.25, -0.2) is 4.39 Å². The number of hydrogen-bond acceptors (Lipinski definition) is 2. The molecular formula is C20H15F4N3O. The van der Waals surface area contributed by atoms with Gasteiger partial charge >= 0.3 is 6.18 Å². The Morgan fingerprint density at radius 2 is 1.86 bits per heavy atom. The Morgan fingerprint density at radius 3 is 2.50 bits per heavy atom. The van der Waals surface area contributed by atoms with Crippen molar-refractivity contribution in [2.75, 3.05) is 5.32 Å². The number of alkyl halides is 3. The van der Waals surface area contributed by atoms with E-state index < -0.39 is 34.6 Å². The summed E-state index contributed by atoms with van der Waals surface area (Å²) in [7, 11) is 0.